The number of alkyl halides is 1. The minimum absolute atomic E-state index is 0.297. The summed E-state index contributed by atoms with van der Waals surface area (Å²) in [6.07, 6.45) is 1.23. The van der Waals surface area contributed by atoms with Gasteiger partial charge in [0.25, 0.3) is 5.79 Å². The van der Waals surface area contributed by atoms with Crippen LogP contribution in [0.25, 0.3) is 0 Å². The Balaban J connectivity index is 4.65. The van der Waals surface area contributed by atoms with Crippen molar-refractivity contribution in [2.45, 2.75) is 32.0 Å². The first-order valence-electron chi connectivity index (χ1n) is 4.12. The van der Waals surface area contributed by atoms with Crippen LogP contribution in [0.4, 0.5) is 4.39 Å². The zero-order valence-corrected chi connectivity index (χ0v) is 8.90. The van der Waals surface area contributed by atoms with Gasteiger partial charge in [0.2, 0.25) is 10.0 Å². The maximum atomic E-state index is 13.5. The third-order valence-electron chi connectivity index (χ3n) is 1.56. The highest BCUT2D eigenvalue weighted by atomic mass is 32.2. The van der Waals surface area contributed by atoms with Gasteiger partial charge in [0.15, 0.2) is 0 Å². The van der Waals surface area contributed by atoms with Crippen LogP contribution in [0.2, 0.25) is 0 Å². The van der Waals surface area contributed by atoms with Crippen molar-refractivity contribution in [1.82, 2.24) is 4.72 Å². The molecule has 0 aromatic carbocycles. The van der Waals surface area contributed by atoms with Crippen molar-refractivity contribution in [2.24, 2.45) is 0 Å². The number of halogens is 1. The Kier molecular flexibility index (Phi) is 4.47. The van der Waals surface area contributed by atoms with Gasteiger partial charge in [-0.2, -0.15) is 4.72 Å². The highest BCUT2D eigenvalue weighted by Crippen LogP contribution is 2.17. The number of rotatable bonds is 6. The Morgan fingerprint density at radius 3 is 2.36 bits per heavy atom. The van der Waals surface area contributed by atoms with Crippen molar-refractivity contribution in [3.63, 3.8) is 0 Å². The summed E-state index contributed by atoms with van der Waals surface area (Å²) in [5, 5.41) is 8.52. The minimum Gasteiger partial charge on any atom is -0.478 e. The molecule has 0 spiro atoms. The van der Waals surface area contributed by atoms with Gasteiger partial charge in [-0.05, 0) is 6.42 Å². The van der Waals surface area contributed by atoms with Gasteiger partial charge >= 0.3 is 5.97 Å². The first-order valence-corrected chi connectivity index (χ1v) is 6.01. The van der Waals surface area contributed by atoms with E-state index in [2.05, 4.69) is 0 Å². The van der Waals surface area contributed by atoms with E-state index in [1.165, 1.54) is 4.72 Å². The molecule has 0 aliphatic carbocycles. The molecule has 0 aromatic heterocycles. The molecule has 0 saturated heterocycles. The average Bonchev–Trinajstić information content (AvgIpc) is 1.97. The van der Waals surface area contributed by atoms with E-state index in [4.69, 9.17) is 5.11 Å². The van der Waals surface area contributed by atoms with Crippen molar-refractivity contribution < 1.29 is 22.7 Å². The Morgan fingerprint density at radius 1 is 1.57 bits per heavy atom. The summed E-state index contributed by atoms with van der Waals surface area (Å²) in [4.78, 5) is 10.5. The molecule has 1 unspecified atom stereocenters. The van der Waals surface area contributed by atoms with E-state index in [1.54, 1.807) is 6.92 Å². The maximum Gasteiger partial charge on any atom is 0.357 e. The number of aliphatic carboxylic acids is 1. The summed E-state index contributed by atoms with van der Waals surface area (Å²) in [6.45, 7) is 1.75. The summed E-state index contributed by atoms with van der Waals surface area (Å²) in [5.41, 5.74) is 0. The molecular weight excluding hydrogens is 213 g/mol. The quantitative estimate of drug-likeness (QED) is 0.646. The zero-order valence-electron chi connectivity index (χ0n) is 8.08. The molecule has 5 nitrogen and oxygen atoms in total. The molecule has 0 rings (SSSR count). The smallest absolute Gasteiger partial charge is 0.357 e. The van der Waals surface area contributed by atoms with Crippen LogP contribution < -0.4 is 4.72 Å². The zero-order chi connectivity index (χ0) is 11.4. The maximum absolute atomic E-state index is 13.5. The van der Waals surface area contributed by atoms with Gasteiger partial charge in [0.05, 0.1) is 6.26 Å². The van der Waals surface area contributed by atoms with E-state index >= 15 is 0 Å². The molecule has 84 valence electrons. The lowest BCUT2D eigenvalue weighted by atomic mass is 10.1. The predicted octanol–water partition coefficient (Wildman–Crippen LogP) is 0.476. The third-order valence-corrected chi connectivity index (χ3v) is 2.26. The second kappa shape index (κ2) is 4.70. The second-order valence-corrected chi connectivity index (χ2v) is 4.83. The molecule has 7 heteroatoms. The lowest BCUT2D eigenvalue weighted by Gasteiger charge is -2.20. The number of sulfonamides is 1. The van der Waals surface area contributed by atoms with Crippen molar-refractivity contribution >= 4 is 16.0 Å². The van der Waals surface area contributed by atoms with Gasteiger partial charge in [0.1, 0.15) is 0 Å². The van der Waals surface area contributed by atoms with E-state index in [1.807, 2.05) is 0 Å². The molecule has 0 amide bonds. The van der Waals surface area contributed by atoms with Crippen LogP contribution in [0, 0.1) is 0 Å². The molecule has 0 heterocycles. The van der Waals surface area contributed by atoms with Crippen LogP contribution in [0.5, 0.6) is 0 Å². The minimum atomic E-state index is -3.86. The molecular formula is C7H14FNO4S. The summed E-state index contributed by atoms with van der Waals surface area (Å²) < 4.78 is 36.4. The fourth-order valence-electron chi connectivity index (χ4n) is 0.916. The normalized spacial score (nSPS) is 16.2. The first kappa shape index (κ1) is 13.3. The molecule has 14 heavy (non-hydrogen) atoms. The van der Waals surface area contributed by atoms with Crippen LogP contribution in [-0.2, 0) is 14.8 Å². The average molecular weight is 227 g/mol. The number of carboxylic acids is 1. The highest BCUT2D eigenvalue weighted by Gasteiger charge is 2.40. The van der Waals surface area contributed by atoms with Crippen LogP contribution in [0.1, 0.15) is 26.2 Å². The summed E-state index contributed by atoms with van der Waals surface area (Å²) >= 11 is 0. The van der Waals surface area contributed by atoms with Crippen LogP contribution in [-0.4, -0.2) is 31.5 Å². The second-order valence-electron chi connectivity index (χ2n) is 3.08. The molecule has 0 aromatic rings. The Hall–Kier alpha value is -0.690. The molecule has 0 aliphatic heterocycles. The van der Waals surface area contributed by atoms with Gasteiger partial charge in [-0.1, -0.05) is 13.3 Å². The number of unbranched alkanes of at least 4 members (excludes halogenated alkanes) is 1. The summed E-state index contributed by atoms with van der Waals surface area (Å²) in [6, 6.07) is 0. The van der Waals surface area contributed by atoms with Crippen LogP contribution in [0.3, 0.4) is 0 Å². The summed E-state index contributed by atoms with van der Waals surface area (Å²) in [5.74, 6) is -4.69. The molecule has 0 bridgehead atoms. The topological polar surface area (TPSA) is 83.5 Å². The number of hydrogen-bond donors (Lipinski definition) is 2. The van der Waals surface area contributed by atoms with Crippen molar-refractivity contribution in [3.8, 4) is 0 Å². The van der Waals surface area contributed by atoms with Crippen molar-refractivity contribution in [1.29, 1.82) is 0 Å². The molecule has 1 atom stereocenters. The van der Waals surface area contributed by atoms with E-state index in [9.17, 15) is 17.6 Å². The van der Waals surface area contributed by atoms with E-state index in [0.29, 0.717) is 12.8 Å². The van der Waals surface area contributed by atoms with Gasteiger partial charge in [-0.3, -0.25) is 0 Å². The Morgan fingerprint density at radius 2 is 2.07 bits per heavy atom. The van der Waals surface area contributed by atoms with Gasteiger partial charge in [-0.25, -0.2) is 17.6 Å². The Bertz CT molecular complexity index is 303. The number of carboxylic acid groups (broad SMARTS) is 1. The molecule has 0 saturated carbocycles. The summed E-state index contributed by atoms with van der Waals surface area (Å²) in [7, 11) is -3.86. The standard InChI is InChI=1S/C7H14FNO4S/c1-3-4-5-7(8,6(10)11)9-14(2,12)13/h9H,3-5H2,1-2H3,(H,10,11). The fraction of sp³-hybridized carbons (Fsp3) is 0.857. The molecule has 2 N–H and O–H groups in total. The molecule has 0 radical (unpaired) electrons. The molecule has 0 aliphatic rings. The Labute approximate surface area is 82.4 Å². The third kappa shape index (κ3) is 4.52. The lowest BCUT2D eigenvalue weighted by molar-refractivity contribution is -0.152. The first-order chi connectivity index (χ1) is 6.21. The number of hydrogen-bond acceptors (Lipinski definition) is 3. The number of nitrogens with one attached hydrogen (secondary N) is 1. The van der Waals surface area contributed by atoms with E-state index in [-0.39, 0.29) is 6.42 Å². The van der Waals surface area contributed by atoms with Crippen molar-refractivity contribution in [3.05, 3.63) is 0 Å². The van der Waals surface area contributed by atoms with Gasteiger partial charge < -0.3 is 5.11 Å². The van der Waals surface area contributed by atoms with Crippen LogP contribution >= 0.6 is 0 Å². The fourth-order valence-corrected chi connectivity index (χ4v) is 1.69. The molecule has 0 fully saturated rings. The number of carbonyl (C=O) groups is 1. The van der Waals surface area contributed by atoms with E-state index in [0.717, 1.165) is 6.26 Å². The lowest BCUT2D eigenvalue weighted by Crippen LogP contribution is -2.50. The highest BCUT2D eigenvalue weighted by molar-refractivity contribution is 7.88. The van der Waals surface area contributed by atoms with Gasteiger partial charge in [0, 0.05) is 6.42 Å². The van der Waals surface area contributed by atoms with Gasteiger partial charge in [-0.15, -0.1) is 0 Å². The van der Waals surface area contributed by atoms with Crippen LogP contribution in [0.15, 0.2) is 0 Å². The monoisotopic (exact) mass is 227 g/mol. The largest absolute Gasteiger partial charge is 0.478 e. The SMILES string of the molecule is CCCCC(F)(NS(C)(=O)=O)C(=O)O. The predicted molar refractivity (Wildman–Crippen MR) is 49.0 cm³/mol. The van der Waals surface area contributed by atoms with Crippen molar-refractivity contribution in [2.75, 3.05) is 6.26 Å². The van der Waals surface area contributed by atoms with E-state index < -0.39 is 21.8 Å².